The van der Waals surface area contributed by atoms with Gasteiger partial charge in [-0.15, -0.1) is 0 Å². The highest BCUT2D eigenvalue weighted by atomic mass is 16.4. The van der Waals surface area contributed by atoms with Gasteiger partial charge in [-0.1, -0.05) is 0 Å². The predicted octanol–water partition coefficient (Wildman–Crippen LogP) is -1.21. The molecule has 3 amide bonds. The second-order valence-corrected chi connectivity index (χ2v) is 6.53. The Labute approximate surface area is 149 Å². The molecule has 26 heavy (non-hydrogen) atoms. The van der Waals surface area contributed by atoms with E-state index < -0.39 is 35.9 Å². The molecule has 2 fully saturated rings. The number of carboxylic acids is 1. The summed E-state index contributed by atoms with van der Waals surface area (Å²) >= 11 is 0. The zero-order valence-corrected chi connectivity index (χ0v) is 14.1. The molecule has 0 saturated carbocycles. The van der Waals surface area contributed by atoms with Gasteiger partial charge in [-0.3, -0.25) is 14.4 Å². The molecule has 2 saturated heterocycles. The molecule has 2 aliphatic rings. The van der Waals surface area contributed by atoms with E-state index in [0.29, 0.717) is 31.5 Å². The highest BCUT2D eigenvalue weighted by molar-refractivity contribution is 5.95. The lowest BCUT2D eigenvalue weighted by atomic mass is 10.1. The largest absolute Gasteiger partial charge is 0.480 e. The molecular weight excluding hydrogens is 342 g/mol. The molecule has 0 radical (unpaired) electrons. The van der Waals surface area contributed by atoms with Gasteiger partial charge in [-0.05, 0) is 19.3 Å². The number of hydrogen-bond acceptors (Lipinski definition) is 5. The van der Waals surface area contributed by atoms with E-state index in [1.54, 1.807) is 6.20 Å². The van der Waals surface area contributed by atoms with Crippen LogP contribution in [-0.4, -0.2) is 68.3 Å². The first kappa shape index (κ1) is 17.9. The molecule has 0 aliphatic carbocycles. The molecule has 3 unspecified atom stereocenters. The number of aromatic amines is 1. The van der Waals surface area contributed by atoms with E-state index in [9.17, 15) is 24.3 Å². The molecule has 10 nitrogen and oxygen atoms in total. The number of carbonyl (C=O) groups excluding carboxylic acids is 3. The van der Waals surface area contributed by atoms with E-state index in [1.165, 1.54) is 11.2 Å². The average molecular weight is 363 g/mol. The van der Waals surface area contributed by atoms with Crippen LogP contribution < -0.4 is 10.6 Å². The minimum Gasteiger partial charge on any atom is -0.480 e. The van der Waals surface area contributed by atoms with Crippen LogP contribution >= 0.6 is 0 Å². The number of imidazole rings is 1. The lowest BCUT2D eigenvalue weighted by molar-refractivity contribution is -0.149. The Hall–Kier alpha value is -2.91. The highest BCUT2D eigenvalue weighted by Gasteiger charge is 2.39. The molecule has 3 heterocycles. The SMILES string of the molecule is O=C1CCC(C(=O)NC(Cc2cnc[nH]2)C(=O)N2CCCC2C(=O)O)N1. The number of amides is 3. The third kappa shape index (κ3) is 3.84. The van der Waals surface area contributed by atoms with Gasteiger partial charge in [0, 0.05) is 31.3 Å². The summed E-state index contributed by atoms with van der Waals surface area (Å²) in [5, 5.41) is 14.5. The third-order valence-corrected chi connectivity index (χ3v) is 4.73. The van der Waals surface area contributed by atoms with Crippen molar-refractivity contribution in [3.8, 4) is 0 Å². The predicted molar refractivity (Wildman–Crippen MR) is 87.8 cm³/mol. The number of aliphatic carboxylic acids is 1. The standard InChI is InChI=1S/C16H21N5O5/c22-13-4-3-10(19-13)14(23)20-11(6-9-7-17-8-18-9)15(24)21-5-1-2-12(21)16(25)26/h7-8,10-12H,1-6H2,(H,17,18)(H,19,22)(H,20,23)(H,25,26). The Kier molecular flexibility index (Phi) is 5.19. The molecule has 1 aromatic heterocycles. The summed E-state index contributed by atoms with van der Waals surface area (Å²) in [4.78, 5) is 56.1. The number of nitrogens with one attached hydrogen (secondary N) is 3. The average Bonchev–Trinajstić information content (AvgIpc) is 3.34. The van der Waals surface area contributed by atoms with Crippen molar-refractivity contribution in [2.75, 3.05) is 6.54 Å². The summed E-state index contributed by atoms with van der Waals surface area (Å²) in [7, 11) is 0. The van der Waals surface area contributed by atoms with Gasteiger partial charge in [0.2, 0.25) is 17.7 Å². The molecule has 1 aromatic rings. The van der Waals surface area contributed by atoms with Gasteiger partial charge in [0.05, 0.1) is 6.33 Å². The number of carbonyl (C=O) groups is 4. The maximum absolute atomic E-state index is 12.9. The third-order valence-electron chi connectivity index (χ3n) is 4.73. The second kappa shape index (κ2) is 7.54. The van der Waals surface area contributed by atoms with Gasteiger partial charge in [0.25, 0.3) is 0 Å². The number of aromatic nitrogens is 2. The lowest BCUT2D eigenvalue weighted by Gasteiger charge is -2.27. The van der Waals surface area contributed by atoms with E-state index in [2.05, 4.69) is 20.6 Å². The highest BCUT2D eigenvalue weighted by Crippen LogP contribution is 2.19. The lowest BCUT2D eigenvalue weighted by Crippen LogP contribution is -2.55. The number of rotatable bonds is 6. The Bertz CT molecular complexity index is 704. The zero-order chi connectivity index (χ0) is 18.7. The van der Waals surface area contributed by atoms with Crippen LogP contribution in [0.4, 0.5) is 0 Å². The summed E-state index contributed by atoms with van der Waals surface area (Å²) in [5.74, 6) is -2.14. The smallest absolute Gasteiger partial charge is 0.326 e. The quantitative estimate of drug-likeness (QED) is 0.499. The van der Waals surface area contributed by atoms with Gasteiger partial charge in [-0.25, -0.2) is 9.78 Å². The van der Waals surface area contributed by atoms with Crippen LogP contribution in [0.15, 0.2) is 12.5 Å². The minimum absolute atomic E-state index is 0.161. The van der Waals surface area contributed by atoms with Crippen molar-refractivity contribution in [3.05, 3.63) is 18.2 Å². The zero-order valence-electron chi connectivity index (χ0n) is 14.1. The first-order valence-electron chi connectivity index (χ1n) is 8.56. The van der Waals surface area contributed by atoms with Gasteiger partial charge in [-0.2, -0.15) is 0 Å². The van der Waals surface area contributed by atoms with E-state index in [4.69, 9.17) is 0 Å². The van der Waals surface area contributed by atoms with Crippen molar-refractivity contribution in [1.29, 1.82) is 0 Å². The van der Waals surface area contributed by atoms with Crippen LogP contribution in [-0.2, 0) is 25.6 Å². The molecule has 140 valence electrons. The van der Waals surface area contributed by atoms with Crippen molar-refractivity contribution >= 4 is 23.7 Å². The normalized spacial score (nSPS) is 23.5. The van der Waals surface area contributed by atoms with Crippen molar-refractivity contribution in [2.24, 2.45) is 0 Å². The van der Waals surface area contributed by atoms with Crippen molar-refractivity contribution < 1.29 is 24.3 Å². The monoisotopic (exact) mass is 363 g/mol. The molecule has 3 rings (SSSR count). The van der Waals surface area contributed by atoms with Crippen LogP contribution in [0.3, 0.4) is 0 Å². The van der Waals surface area contributed by atoms with Crippen LogP contribution in [0.1, 0.15) is 31.4 Å². The summed E-state index contributed by atoms with van der Waals surface area (Å²) < 4.78 is 0. The number of carboxylic acid groups (broad SMARTS) is 1. The van der Waals surface area contributed by atoms with Gasteiger partial charge in [0.15, 0.2) is 0 Å². The van der Waals surface area contributed by atoms with E-state index in [-0.39, 0.29) is 18.7 Å². The fraction of sp³-hybridized carbons (Fsp3) is 0.562. The Morgan fingerprint density at radius 3 is 2.81 bits per heavy atom. The summed E-state index contributed by atoms with van der Waals surface area (Å²) in [5.41, 5.74) is 0.644. The van der Waals surface area contributed by atoms with Crippen molar-refractivity contribution in [3.63, 3.8) is 0 Å². The Balaban J connectivity index is 1.74. The van der Waals surface area contributed by atoms with E-state index in [1.807, 2.05) is 0 Å². The summed E-state index contributed by atoms with van der Waals surface area (Å²) in [6, 6.07) is -2.48. The topological polar surface area (TPSA) is 144 Å². The molecule has 3 atom stereocenters. The molecule has 0 bridgehead atoms. The van der Waals surface area contributed by atoms with E-state index >= 15 is 0 Å². The molecule has 0 spiro atoms. The van der Waals surface area contributed by atoms with Crippen LogP contribution in [0.5, 0.6) is 0 Å². The van der Waals surface area contributed by atoms with Gasteiger partial charge < -0.3 is 25.6 Å². The fourth-order valence-electron chi connectivity index (χ4n) is 3.39. The summed E-state index contributed by atoms with van der Waals surface area (Å²) in [6.07, 6.45) is 4.81. The number of likely N-dealkylation sites (tertiary alicyclic amines) is 1. The van der Waals surface area contributed by atoms with Gasteiger partial charge >= 0.3 is 5.97 Å². The second-order valence-electron chi connectivity index (χ2n) is 6.53. The van der Waals surface area contributed by atoms with E-state index in [0.717, 1.165) is 0 Å². The number of H-pyrrole nitrogens is 1. The van der Waals surface area contributed by atoms with Gasteiger partial charge in [0.1, 0.15) is 18.1 Å². The Morgan fingerprint density at radius 2 is 2.19 bits per heavy atom. The molecular formula is C16H21N5O5. The van der Waals surface area contributed by atoms with Crippen molar-refractivity contribution in [1.82, 2.24) is 25.5 Å². The fourth-order valence-corrected chi connectivity index (χ4v) is 3.39. The molecule has 10 heteroatoms. The molecule has 0 aromatic carbocycles. The van der Waals surface area contributed by atoms with Crippen molar-refractivity contribution in [2.45, 2.75) is 50.2 Å². The number of hydrogen-bond donors (Lipinski definition) is 4. The first-order valence-corrected chi connectivity index (χ1v) is 8.56. The van der Waals surface area contributed by atoms with Crippen LogP contribution in [0, 0.1) is 0 Å². The van der Waals surface area contributed by atoms with Crippen LogP contribution in [0.25, 0.3) is 0 Å². The minimum atomic E-state index is -1.05. The molecule has 4 N–H and O–H groups in total. The summed E-state index contributed by atoms with van der Waals surface area (Å²) in [6.45, 7) is 0.339. The molecule has 2 aliphatic heterocycles. The Morgan fingerprint density at radius 1 is 1.38 bits per heavy atom. The maximum atomic E-state index is 12.9. The number of nitrogens with zero attached hydrogens (tertiary/aromatic N) is 2. The maximum Gasteiger partial charge on any atom is 0.326 e. The first-order chi connectivity index (χ1) is 12.5. The van der Waals surface area contributed by atoms with Crippen LogP contribution in [0.2, 0.25) is 0 Å².